The Morgan fingerprint density at radius 1 is 1.15 bits per heavy atom. The van der Waals surface area contributed by atoms with Gasteiger partial charge in [-0.1, -0.05) is 0 Å². The highest BCUT2D eigenvalue weighted by Crippen LogP contribution is 2.32. The molecule has 3 fully saturated rings. The first kappa shape index (κ1) is 19.5. The van der Waals surface area contributed by atoms with E-state index in [2.05, 4.69) is 25.4 Å². The average Bonchev–Trinajstić information content (AvgIpc) is 2.91. The molecule has 0 spiro atoms. The Hall–Kier alpha value is -1.26. The smallest absolute Gasteiger partial charge is 0.195 e. The summed E-state index contributed by atoms with van der Waals surface area (Å²) in [4.78, 5) is 9.48. The van der Waals surface area contributed by atoms with E-state index in [1.54, 1.807) is 7.05 Å². The van der Waals surface area contributed by atoms with Crippen LogP contribution in [0.25, 0.3) is 0 Å². The van der Waals surface area contributed by atoms with Crippen LogP contribution in [-0.4, -0.2) is 81.3 Å². The van der Waals surface area contributed by atoms with Crippen molar-refractivity contribution in [3.05, 3.63) is 18.2 Å². The lowest BCUT2D eigenvalue weighted by atomic mass is 10.1. The van der Waals surface area contributed by atoms with Crippen LogP contribution in [0.4, 0.5) is 5.69 Å². The van der Waals surface area contributed by atoms with Crippen LogP contribution in [0.3, 0.4) is 0 Å². The molecule has 1 aromatic rings. The van der Waals surface area contributed by atoms with E-state index in [1.807, 2.05) is 18.2 Å². The van der Waals surface area contributed by atoms with E-state index in [1.165, 1.54) is 26.2 Å². The molecule has 26 heavy (non-hydrogen) atoms. The van der Waals surface area contributed by atoms with Gasteiger partial charge in [-0.25, -0.2) is 0 Å². The SMILES string of the molecule is CN=C(NCC1CN2CCN1CC2)Nc1ccc2c(c1)OCCCO2.I. The van der Waals surface area contributed by atoms with Crippen LogP contribution in [0, 0.1) is 0 Å². The summed E-state index contributed by atoms with van der Waals surface area (Å²) in [5.41, 5.74) is 0.951. The maximum atomic E-state index is 5.76. The Balaban J connectivity index is 0.00000196. The van der Waals surface area contributed by atoms with Crippen LogP contribution >= 0.6 is 24.0 Å². The molecule has 2 N–H and O–H groups in total. The van der Waals surface area contributed by atoms with Crippen molar-refractivity contribution in [3.8, 4) is 11.5 Å². The van der Waals surface area contributed by atoms with Crippen LogP contribution in [0.2, 0.25) is 0 Å². The number of hydrogen-bond donors (Lipinski definition) is 2. The number of ether oxygens (including phenoxy) is 2. The molecular weight excluding hydrogens is 445 g/mol. The van der Waals surface area contributed by atoms with E-state index in [0.717, 1.165) is 42.7 Å². The van der Waals surface area contributed by atoms with Gasteiger partial charge in [0.2, 0.25) is 0 Å². The van der Waals surface area contributed by atoms with Gasteiger partial charge in [0.15, 0.2) is 17.5 Å². The third-order valence-corrected chi connectivity index (χ3v) is 5.13. The van der Waals surface area contributed by atoms with Crippen LogP contribution in [-0.2, 0) is 0 Å². The molecule has 144 valence electrons. The quantitative estimate of drug-likeness (QED) is 0.394. The number of halogens is 1. The van der Waals surface area contributed by atoms with E-state index in [-0.39, 0.29) is 24.0 Å². The fourth-order valence-corrected chi connectivity index (χ4v) is 3.69. The van der Waals surface area contributed by atoms with E-state index < -0.39 is 0 Å². The van der Waals surface area contributed by atoms with Crippen molar-refractivity contribution in [2.75, 3.05) is 64.8 Å². The normalized spacial score (nSPS) is 27.3. The van der Waals surface area contributed by atoms with Gasteiger partial charge in [0, 0.05) is 70.5 Å². The summed E-state index contributed by atoms with van der Waals surface area (Å²) in [7, 11) is 1.80. The zero-order chi connectivity index (χ0) is 17.1. The Morgan fingerprint density at radius 2 is 1.92 bits per heavy atom. The summed E-state index contributed by atoms with van der Waals surface area (Å²) in [6.45, 7) is 8.23. The van der Waals surface area contributed by atoms with Crippen molar-refractivity contribution < 1.29 is 9.47 Å². The van der Waals surface area contributed by atoms with Gasteiger partial charge < -0.3 is 20.1 Å². The standard InChI is InChI=1S/C18H27N5O2.HI/c1-19-18(20-12-15-13-22-5-7-23(15)8-6-22)21-14-3-4-16-17(11-14)25-10-2-9-24-16;/h3-4,11,15H,2,5-10,12-13H2,1H3,(H2,19,20,21);1H. The minimum Gasteiger partial charge on any atom is -0.490 e. The summed E-state index contributed by atoms with van der Waals surface area (Å²) in [5.74, 6) is 2.39. The number of rotatable bonds is 3. The molecule has 8 heteroatoms. The molecule has 1 unspecified atom stereocenters. The largest absolute Gasteiger partial charge is 0.490 e. The predicted octanol–water partition coefficient (Wildman–Crippen LogP) is 1.45. The van der Waals surface area contributed by atoms with Gasteiger partial charge in [-0.2, -0.15) is 0 Å². The molecule has 0 radical (unpaired) electrons. The number of nitrogens with one attached hydrogen (secondary N) is 2. The number of fused-ring (bicyclic) bond motifs is 4. The molecule has 0 aliphatic carbocycles. The van der Waals surface area contributed by atoms with E-state index >= 15 is 0 Å². The molecule has 4 aliphatic heterocycles. The maximum Gasteiger partial charge on any atom is 0.195 e. The Bertz CT molecular complexity index is 634. The van der Waals surface area contributed by atoms with Crippen LogP contribution < -0.4 is 20.1 Å². The number of benzene rings is 1. The first-order valence-corrected chi connectivity index (χ1v) is 9.15. The third kappa shape index (κ3) is 4.52. The average molecular weight is 473 g/mol. The van der Waals surface area contributed by atoms with Crippen molar-refractivity contribution >= 4 is 35.6 Å². The minimum absolute atomic E-state index is 0. The van der Waals surface area contributed by atoms with Gasteiger partial charge in [-0.05, 0) is 12.1 Å². The molecule has 5 rings (SSSR count). The molecule has 3 saturated heterocycles. The molecular formula is C18H28IN5O2. The van der Waals surface area contributed by atoms with Gasteiger partial charge in [0.25, 0.3) is 0 Å². The molecule has 1 aromatic carbocycles. The molecule has 4 heterocycles. The topological polar surface area (TPSA) is 61.4 Å². The van der Waals surface area contributed by atoms with Crippen molar-refractivity contribution in [2.45, 2.75) is 12.5 Å². The molecule has 4 aliphatic rings. The van der Waals surface area contributed by atoms with Gasteiger partial charge in [-0.15, -0.1) is 24.0 Å². The van der Waals surface area contributed by atoms with Crippen molar-refractivity contribution in [1.29, 1.82) is 0 Å². The maximum absolute atomic E-state index is 5.76. The highest BCUT2D eigenvalue weighted by molar-refractivity contribution is 14.0. The van der Waals surface area contributed by atoms with E-state index in [9.17, 15) is 0 Å². The molecule has 2 bridgehead atoms. The summed E-state index contributed by atoms with van der Waals surface area (Å²) < 4.78 is 11.4. The number of hydrogen-bond acceptors (Lipinski definition) is 5. The number of guanidine groups is 1. The fraction of sp³-hybridized carbons (Fsp3) is 0.611. The highest BCUT2D eigenvalue weighted by atomic mass is 127. The second kappa shape index (κ2) is 9.09. The summed E-state index contributed by atoms with van der Waals surface area (Å²) in [5, 5.41) is 6.82. The Labute approximate surface area is 172 Å². The number of nitrogens with zero attached hydrogens (tertiary/aromatic N) is 3. The molecule has 1 atom stereocenters. The van der Waals surface area contributed by atoms with Crippen molar-refractivity contribution in [3.63, 3.8) is 0 Å². The summed E-state index contributed by atoms with van der Waals surface area (Å²) in [6.07, 6.45) is 0.912. The van der Waals surface area contributed by atoms with Crippen molar-refractivity contribution in [2.24, 2.45) is 4.99 Å². The van der Waals surface area contributed by atoms with E-state index in [4.69, 9.17) is 9.47 Å². The van der Waals surface area contributed by atoms with Crippen LogP contribution in [0.1, 0.15) is 6.42 Å². The lowest BCUT2D eigenvalue weighted by molar-refractivity contribution is 0.0155. The second-order valence-corrected chi connectivity index (χ2v) is 6.78. The Morgan fingerprint density at radius 3 is 2.62 bits per heavy atom. The minimum atomic E-state index is 0. The number of piperazine rings is 3. The number of aliphatic imine (C=N–C) groups is 1. The van der Waals surface area contributed by atoms with Gasteiger partial charge in [0.1, 0.15) is 0 Å². The zero-order valence-electron chi connectivity index (χ0n) is 15.2. The molecule has 0 amide bonds. The zero-order valence-corrected chi connectivity index (χ0v) is 17.6. The lowest BCUT2D eigenvalue weighted by Gasteiger charge is -2.47. The fourth-order valence-electron chi connectivity index (χ4n) is 3.69. The van der Waals surface area contributed by atoms with E-state index in [0.29, 0.717) is 19.3 Å². The molecule has 7 nitrogen and oxygen atoms in total. The lowest BCUT2D eigenvalue weighted by Crippen LogP contribution is -2.63. The highest BCUT2D eigenvalue weighted by Gasteiger charge is 2.31. The summed E-state index contributed by atoms with van der Waals surface area (Å²) >= 11 is 0. The van der Waals surface area contributed by atoms with Crippen molar-refractivity contribution in [1.82, 2.24) is 15.1 Å². The van der Waals surface area contributed by atoms with Gasteiger partial charge in [-0.3, -0.25) is 14.8 Å². The third-order valence-electron chi connectivity index (χ3n) is 5.13. The van der Waals surface area contributed by atoms with Gasteiger partial charge in [0.05, 0.1) is 13.2 Å². The number of anilines is 1. The first-order chi connectivity index (χ1) is 12.3. The second-order valence-electron chi connectivity index (χ2n) is 6.78. The van der Waals surface area contributed by atoms with Crippen LogP contribution in [0.15, 0.2) is 23.2 Å². The van der Waals surface area contributed by atoms with Crippen LogP contribution in [0.5, 0.6) is 11.5 Å². The predicted molar refractivity (Wildman–Crippen MR) is 114 cm³/mol. The molecule has 0 saturated carbocycles. The Kier molecular flexibility index (Phi) is 6.82. The van der Waals surface area contributed by atoms with Gasteiger partial charge >= 0.3 is 0 Å². The summed E-state index contributed by atoms with van der Waals surface area (Å²) in [6, 6.07) is 6.49. The molecule has 0 aromatic heterocycles. The monoisotopic (exact) mass is 473 g/mol. The first-order valence-electron chi connectivity index (χ1n) is 9.15.